The number of nitrogens with one attached hydrogen (secondary N) is 1. The second-order valence-electron chi connectivity index (χ2n) is 6.18. The Bertz CT molecular complexity index is 241. The lowest BCUT2D eigenvalue weighted by Crippen LogP contribution is -2.57. The van der Waals surface area contributed by atoms with Crippen molar-refractivity contribution < 1.29 is 4.74 Å². The number of piperazine rings is 1. The van der Waals surface area contributed by atoms with Crippen LogP contribution in [-0.2, 0) is 4.74 Å². The van der Waals surface area contributed by atoms with Crippen LogP contribution >= 0.6 is 0 Å². The van der Waals surface area contributed by atoms with E-state index in [1.54, 1.807) is 0 Å². The minimum Gasteiger partial charge on any atom is -0.378 e. The van der Waals surface area contributed by atoms with E-state index in [1.807, 2.05) is 0 Å². The van der Waals surface area contributed by atoms with Crippen LogP contribution in [0.2, 0.25) is 0 Å². The van der Waals surface area contributed by atoms with Crippen molar-refractivity contribution in [3.8, 4) is 0 Å². The highest BCUT2D eigenvalue weighted by Gasteiger charge is 2.29. The lowest BCUT2D eigenvalue weighted by Gasteiger charge is -2.42. The summed E-state index contributed by atoms with van der Waals surface area (Å²) in [4.78, 5) is 2.71. The summed E-state index contributed by atoms with van der Waals surface area (Å²) in [5, 5.41) is 3.63. The minimum absolute atomic E-state index is 0.535. The van der Waals surface area contributed by atoms with Gasteiger partial charge in [0.1, 0.15) is 0 Å². The van der Waals surface area contributed by atoms with E-state index in [-0.39, 0.29) is 0 Å². The Balaban J connectivity index is 1.84. The first-order chi connectivity index (χ1) is 8.70. The zero-order valence-electron chi connectivity index (χ0n) is 12.3. The summed E-state index contributed by atoms with van der Waals surface area (Å²) in [6.07, 6.45) is 5.57. The predicted octanol–water partition coefficient (Wildman–Crippen LogP) is 2.26. The molecule has 0 amide bonds. The van der Waals surface area contributed by atoms with Crippen molar-refractivity contribution in [3.05, 3.63) is 0 Å². The Kier molecular flexibility index (Phi) is 5.46. The quantitative estimate of drug-likeness (QED) is 0.814. The minimum atomic E-state index is 0.535. The van der Waals surface area contributed by atoms with Crippen molar-refractivity contribution in [2.75, 3.05) is 26.2 Å². The summed E-state index contributed by atoms with van der Waals surface area (Å²) in [7, 11) is 0. The van der Waals surface area contributed by atoms with E-state index in [1.165, 1.54) is 38.8 Å². The van der Waals surface area contributed by atoms with E-state index < -0.39 is 0 Å². The molecule has 3 nitrogen and oxygen atoms in total. The van der Waals surface area contributed by atoms with Crippen LogP contribution in [0, 0.1) is 5.92 Å². The maximum Gasteiger partial charge on any atom is 0.0588 e. The van der Waals surface area contributed by atoms with E-state index in [0.717, 1.165) is 19.1 Å². The molecule has 0 spiro atoms. The van der Waals surface area contributed by atoms with Crippen LogP contribution in [0.1, 0.15) is 46.5 Å². The fourth-order valence-electron chi connectivity index (χ4n) is 3.27. The van der Waals surface area contributed by atoms with Crippen LogP contribution in [-0.4, -0.2) is 49.3 Å². The molecule has 18 heavy (non-hydrogen) atoms. The number of hydrogen-bond donors (Lipinski definition) is 1. The van der Waals surface area contributed by atoms with Crippen molar-refractivity contribution >= 4 is 0 Å². The van der Waals surface area contributed by atoms with Gasteiger partial charge in [-0.1, -0.05) is 20.3 Å². The molecular formula is C15H30N2O. The van der Waals surface area contributed by atoms with Crippen molar-refractivity contribution in [2.24, 2.45) is 5.92 Å². The van der Waals surface area contributed by atoms with E-state index >= 15 is 0 Å². The SMILES string of the molecule is CCC(C)C1CNC(C)CN1CCC1CCCO1. The molecule has 0 aromatic rings. The molecule has 0 bridgehead atoms. The Hall–Kier alpha value is -0.120. The lowest BCUT2D eigenvalue weighted by molar-refractivity contribution is 0.0575. The highest BCUT2D eigenvalue weighted by atomic mass is 16.5. The molecule has 4 unspecified atom stereocenters. The van der Waals surface area contributed by atoms with Crippen LogP contribution in [0.15, 0.2) is 0 Å². The highest BCUT2D eigenvalue weighted by Crippen LogP contribution is 2.21. The summed E-state index contributed by atoms with van der Waals surface area (Å²) >= 11 is 0. The summed E-state index contributed by atoms with van der Waals surface area (Å²) in [6, 6.07) is 1.35. The molecule has 2 aliphatic rings. The van der Waals surface area contributed by atoms with Gasteiger partial charge < -0.3 is 10.1 Å². The average molecular weight is 254 g/mol. The fraction of sp³-hybridized carbons (Fsp3) is 1.00. The zero-order valence-corrected chi connectivity index (χ0v) is 12.3. The second-order valence-corrected chi connectivity index (χ2v) is 6.18. The average Bonchev–Trinajstić information content (AvgIpc) is 2.88. The van der Waals surface area contributed by atoms with E-state index in [2.05, 4.69) is 31.0 Å². The number of nitrogens with zero attached hydrogens (tertiary/aromatic N) is 1. The smallest absolute Gasteiger partial charge is 0.0588 e. The molecule has 2 fully saturated rings. The summed E-state index contributed by atoms with van der Waals surface area (Å²) < 4.78 is 5.75. The van der Waals surface area contributed by atoms with Gasteiger partial charge in [0.2, 0.25) is 0 Å². The standard InChI is InChI=1S/C15H30N2O/c1-4-12(2)15-10-16-13(3)11-17(15)8-7-14-6-5-9-18-14/h12-16H,4-11H2,1-3H3. The molecule has 0 aliphatic carbocycles. The zero-order chi connectivity index (χ0) is 13.0. The van der Waals surface area contributed by atoms with Crippen LogP contribution in [0.25, 0.3) is 0 Å². The third-order valence-corrected chi connectivity index (χ3v) is 4.72. The van der Waals surface area contributed by atoms with Crippen molar-refractivity contribution in [1.29, 1.82) is 0 Å². The Labute approximate surface area is 112 Å². The van der Waals surface area contributed by atoms with Gasteiger partial charge in [0, 0.05) is 38.3 Å². The molecule has 2 heterocycles. The normalized spacial score (nSPS) is 35.8. The van der Waals surface area contributed by atoms with Gasteiger partial charge in [-0.2, -0.15) is 0 Å². The summed E-state index contributed by atoms with van der Waals surface area (Å²) in [5.41, 5.74) is 0. The van der Waals surface area contributed by atoms with Gasteiger partial charge >= 0.3 is 0 Å². The van der Waals surface area contributed by atoms with E-state index in [4.69, 9.17) is 4.74 Å². The molecule has 3 heteroatoms. The van der Waals surface area contributed by atoms with Crippen LogP contribution < -0.4 is 5.32 Å². The van der Waals surface area contributed by atoms with Crippen molar-refractivity contribution in [1.82, 2.24) is 10.2 Å². The fourth-order valence-corrected chi connectivity index (χ4v) is 3.27. The monoisotopic (exact) mass is 254 g/mol. The van der Waals surface area contributed by atoms with E-state index in [0.29, 0.717) is 18.2 Å². The van der Waals surface area contributed by atoms with Crippen LogP contribution in [0.4, 0.5) is 0 Å². The molecule has 0 aromatic carbocycles. The third kappa shape index (κ3) is 3.69. The van der Waals surface area contributed by atoms with E-state index in [9.17, 15) is 0 Å². The first kappa shape index (κ1) is 14.3. The molecule has 0 aromatic heterocycles. The second kappa shape index (κ2) is 6.88. The number of hydrogen-bond acceptors (Lipinski definition) is 3. The third-order valence-electron chi connectivity index (χ3n) is 4.72. The molecule has 2 aliphatic heterocycles. The molecule has 0 radical (unpaired) electrons. The van der Waals surface area contributed by atoms with Gasteiger partial charge in [0.25, 0.3) is 0 Å². The maximum atomic E-state index is 5.75. The molecule has 2 saturated heterocycles. The van der Waals surface area contributed by atoms with Gasteiger partial charge in [-0.25, -0.2) is 0 Å². The van der Waals surface area contributed by atoms with Gasteiger partial charge in [-0.3, -0.25) is 4.90 Å². The van der Waals surface area contributed by atoms with Crippen LogP contribution in [0.5, 0.6) is 0 Å². The van der Waals surface area contributed by atoms with Crippen LogP contribution in [0.3, 0.4) is 0 Å². The summed E-state index contributed by atoms with van der Waals surface area (Å²) in [5.74, 6) is 0.787. The van der Waals surface area contributed by atoms with Crippen molar-refractivity contribution in [3.63, 3.8) is 0 Å². The lowest BCUT2D eigenvalue weighted by atomic mass is 9.94. The number of ether oxygens (including phenoxy) is 1. The molecule has 1 N–H and O–H groups in total. The molecule has 4 atom stereocenters. The first-order valence-corrected chi connectivity index (χ1v) is 7.79. The Morgan fingerprint density at radius 2 is 2.28 bits per heavy atom. The van der Waals surface area contributed by atoms with Gasteiger partial charge in [0.15, 0.2) is 0 Å². The van der Waals surface area contributed by atoms with Gasteiger partial charge in [-0.05, 0) is 32.1 Å². The Morgan fingerprint density at radius 3 is 2.94 bits per heavy atom. The highest BCUT2D eigenvalue weighted by molar-refractivity contribution is 4.87. The predicted molar refractivity (Wildman–Crippen MR) is 75.9 cm³/mol. The largest absolute Gasteiger partial charge is 0.378 e. The molecule has 106 valence electrons. The molecular weight excluding hydrogens is 224 g/mol. The van der Waals surface area contributed by atoms with Crippen molar-refractivity contribution in [2.45, 2.75) is 64.6 Å². The molecule has 0 saturated carbocycles. The Morgan fingerprint density at radius 1 is 1.44 bits per heavy atom. The topological polar surface area (TPSA) is 24.5 Å². The van der Waals surface area contributed by atoms with Gasteiger partial charge in [-0.15, -0.1) is 0 Å². The van der Waals surface area contributed by atoms with Gasteiger partial charge in [0.05, 0.1) is 6.10 Å². The molecule has 2 rings (SSSR count). The summed E-state index contributed by atoms with van der Waals surface area (Å²) in [6.45, 7) is 11.5. The maximum absolute atomic E-state index is 5.75. The first-order valence-electron chi connectivity index (χ1n) is 7.79. The number of rotatable bonds is 5.